The summed E-state index contributed by atoms with van der Waals surface area (Å²) in [5.41, 5.74) is -1.40. The van der Waals surface area contributed by atoms with E-state index in [-0.39, 0.29) is 16.0 Å². The zero-order valence-electron chi connectivity index (χ0n) is 12.9. The molecule has 1 heterocycles. The third-order valence-corrected chi connectivity index (χ3v) is 4.85. The van der Waals surface area contributed by atoms with E-state index in [1.54, 1.807) is 0 Å². The number of aromatic amines is 1. The van der Waals surface area contributed by atoms with Gasteiger partial charge in [-0.1, -0.05) is 11.6 Å². The summed E-state index contributed by atoms with van der Waals surface area (Å²) in [7, 11) is -1.31. The van der Waals surface area contributed by atoms with Crippen molar-refractivity contribution >= 4 is 33.2 Å². The molecule has 0 saturated carbocycles. The van der Waals surface area contributed by atoms with Gasteiger partial charge in [0.05, 0.1) is 22.6 Å². The summed E-state index contributed by atoms with van der Waals surface area (Å²) in [6.45, 7) is 0. The lowest BCUT2D eigenvalue weighted by molar-refractivity contribution is 0.0596. The van der Waals surface area contributed by atoms with E-state index in [1.807, 2.05) is 0 Å². The van der Waals surface area contributed by atoms with E-state index in [9.17, 15) is 22.8 Å². The lowest BCUT2D eigenvalue weighted by Gasteiger charge is -2.11. The SMILES string of the molecule is COC(=O)c1c(S(C)(=O)=O)ccc(C(=O)c2c[nH]n(C)c2=O)c1Cl. The Hall–Kier alpha value is -2.39. The molecule has 128 valence electrons. The molecule has 0 radical (unpaired) electrons. The maximum atomic E-state index is 12.5. The summed E-state index contributed by atoms with van der Waals surface area (Å²) in [5.74, 6) is -1.75. The van der Waals surface area contributed by atoms with Crippen molar-refractivity contribution in [1.82, 2.24) is 9.78 Å². The van der Waals surface area contributed by atoms with Crippen molar-refractivity contribution in [2.24, 2.45) is 7.05 Å². The zero-order chi connectivity index (χ0) is 18.2. The fourth-order valence-corrected chi connectivity index (χ4v) is 3.36. The number of ether oxygens (including phenoxy) is 1. The van der Waals surface area contributed by atoms with Crippen LogP contribution in [0.25, 0.3) is 0 Å². The molecule has 1 aromatic carbocycles. The van der Waals surface area contributed by atoms with Crippen molar-refractivity contribution in [3.05, 3.63) is 50.4 Å². The average molecular weight is 373 g/mol. The van der Waals surface area contributed by atoms with Crippen LogP contribution in [0.2, 0.25) is 5.02 Å². The van der Waals surface area contributed by atoms with Gasteiger partial charge in [-0.2, -0.15) is 0 Å². The van der Waals surface area contributed by atoms with E-state index in [4.69, 9.17) is 11.6 Å². The van der Waals surface area contributed by atoms with Gasteiger partial charge in [0, 0.05) is 25.1 Å². The Balaban J connectivity index is 2.74. The molecule has 0 aliphatic rings. The lowest BCUT2D eigenvalue weighted by Crippen LogP contribution is -2.20. The van der Waals surface area contributed by atoms with Gasteiger partial charge in [0.15, 0.2) is 9.84 Å². The fraction of sp³-hybridized carbons (Fsp3) is 0.214. The first-order valence-electron chi connectivity index (χ1n) is 6.49. The molecule has 0 amide bonds. The number of ketones is 1. The molecule has 0 saturated heterocycles. The van der Waals surface area contributed by atoms with Gasteiger partial charge in [-0.25, -0.2) is 13.2 Å². The minimum Gasteiger partial charge on any atom is -0.465 e. The molecule has 0 unspecified atom stereocenters. The number of aromatic nitrogens is 2. The minimum atomic E-state index is -3.79. The third kappa shape index (κ3) is 3.00. The van der Waals surface area contributed by atoms with Crippen LogP contribution in [-0.2, 0) is 21.6 Å². The minimum absolute atomic E-state index is 0.179. The van der Waals surface area contributed by atoms with Crippen LogP contribution in [0.1, 0.15) is 26.3 Å². The van der Waals surface area contributed by atoms with Crippen molar-refractivity contribution in [2.45, 2.75) is 4.90 Å². The van der Waals surface area contributed by atoms with Crippen LogP contribution in [-0.4, -0.2) is 43.3 Å². The number of H-pyrrole nitrogens is 1. The number of rotatable bonds is 4. The molecule has 0 atom stereocenters. The average Bonchev–Trinajstić information content (AvgIpc) is 2.84. The number of hydrogen-bond acceptors (Lipinski definition) is 6. The Bertz CT molecular complexity index is 1000. The van der Waals surface area contributed by atoms with Crippen molar-refractivity contribution in [1.29, 1.82) is 0 Å². The van der Waals surface area contributed by atoms with E-state index in [0.717, 1.165) is 30.2 Å². The van der Waals surface area contributed by atoms with E-state index in [1.165, 1.54) is 13.2 Å². The number of nitrogens with one attached hydrogen (secondary N) is 1. The molecule has 8 nitrogen and oxygen atoms in total. The Labute approximate surface area is 141 Å². The van der Waals surface area contributed by atoms with Gasteiger partial charge in [0.2, 0.25) is 5.78 Å². The number of halogens is 1. The van der Waals surface area contributed by atoms with Gasteiger partial charge in [-0.05, 0) is 12.1 Å². The number of methoxy groups -OCH3 is 1. The van der Waals surface area contributed by atoms with E-state index >= 15 is 0 Å². The number of sulfone groups is 1. The van der Waals surface area contributed by atoms with Crippen molar-refractivity contribution in [2.75, 3.05) is 13.4 Å². The molecule has 1 aromatic heterocycles. The number of aryl methyl sites for hydroxylation is 1. The van der Waals surface area contributed by atoms with E-state index < -0.39 is 37.7 Å². The highest BCUT2D eigenvalue weighted by atomic mass is 35.5. The fourth-order valence-electron chi connectivity index (χ4n) is 2.11. The van der Waals surface area contributed by atoms with Crippen LogP contribution in [0.4, 0.5) is 0 Å². The van der Waals surface area contributed by atoms with E-state index in [2.05, 4.69) is 9.84 Å². The first kappa shape index (κ1) is 18.0. The molecule has 24 heavy (non-hydrogen) atoms. The first-order chi connectivity index (χ1) is 11.1. The lowest BCUT2D eigenvalue weighted by atomic mass is 10.0. The molecule has 2 rings (SSSR count). The smallest absolute Gasteiger partial charge is 0.340 e. The number of carbonyl (C=O) groups excluding carboxylic acids is 2. The van der Waals surface area contributed by atoms with Crippen LogP contribution < -0.4 is 5.56 Å². The largest absolute Gasteiger partial charge is 0.465 e. The molecule has 0 spiro atoms. The second-order valence-electron chi connectivity index (χ2n) is 4.94. The van der Waals surface area contributed by atoms with Gasteiger partial charge in [-0.3, -0.25) is 14.3 Å². The molecule has 0 bridgehead atoms. The summed E-state index contributed by atoms with van der Waals surface area (Å²) in [5, 5.41) is 2.15. The highest BCUT2D eigenvalue weighted by Gasteiger charge is 2.28. The number of carbonyl (C=O) groups is 2. The van der Waals surface area contributed by atoms with Gasteiger partial charge in [0.1, 0.15) is 5.56 Å². The second-order valence-corrected chi connectivity index (χ2v) is 7.31. The standard InChI is InChI=1S/C14H13ClN2O6S/c1-17-13(19)8(6-16-17)12(18)7-4-5-9(24(3,21)22)10(11(7)15)14(20)23-2/h4-6,16H,1-3H3. The Morgan fingerprint density at radius 1 is 1.25 bits per heavy atom. The van der Waals surface area contributed by atoms with Crippen LogP contribution in [0.5, 0.6) is 0 Å². The number of hydrogen-bond donors (Lipinski definition) is 1. The molecule has 1 N–H and O–H groups in total. The maximum absolute atomic E-state index is 12.5. The molecule has 0 aliphatic carbocycles. The Kier molecular flexibility index (Phi) is 4.68. The maximum Gasteiger partial charge on any atom is 0.340 e. The predicted octanol–water partition coefficient (Wildman–Crippen LogP) is 0.788. The molecule has 0 aliphatic heterocycles. The van der Waals surface area contributed by atoms with Crippen LogP contribution in [0.15, 0.2) is 28.0 Å². The van der Waals surface area contributed by atoms with Gasteiger partial charge >= 0.3 is 5.97 Å². The molecule has 2 aromatic rings. The number of nitrogens with zero attached hydrogens (tertiary/aromatic N) is 1. The van der Waals surface area contributed by atoms with E-state index in [0.29, 0.717) is 0 Å². The van der Waals surface area contributed by atoms with Crippen LogP contribution in [0, 0.1) is 0 Å². The van der Waals surface area contributed by atoms with Crippen molar-refractivity contribution < 1.29 is 22.7 Å². The van der Waals surface area contributed by atoms with Crippen LogP contribution in [0.3, 0.4) is 0 Å². The molecular weight excluding hydrogens is 360 g/mol. The summed E-state index contributed by atoms with van der Waals surface area (Å²) >= 11 is 6.09. The second kappa shape index (κ2) is 6.25. The molecule has 10 heteroatoms. The molecule has 0 fully saturated rings. The summed E-state index contributed by atoms with van der Waals surface area (Å²) in [4.78, 5) is 35.9. The van der Waals surface area contributed by atoms with Gasteiger partial charge in [-0.15, -0.1) is 0 Å². The van der Waals surface area contributed by atoms with Crippen molar-refractivity contribution in [3.8, 4) is 0 Å². The Morgan fingerprint density at radius 2 is 1.88 bits per heavy atom. The van der Waals surface area contributed by atoms with Crippen molar-refractivity contribution in [3.63, 3.8) is 0 Å². The monoisotopic (exact) mass is 372 g/mol. The van der Waals surface area contributed by atoms with Gasteiger partial charge in [0.25, 0.3) is 5.56 Å². The highest BCUT2D eigenvalue weighted by molar-refractivity contribution is 7.90. The highest BCUT2D eigenvalue weighted by Crippen LogP contribution is 2.29. The number of benzene rings is 1. The topological polar surface area (TPSA) is 115 Å². The predicted molar refractivity (Wildman–Crippen MR) is 85.4 cm³/mol. The molecular formula is C14H13ClN2O6S. The quantitative estimate of drug-likeness (QED) is 0.626. The normalized spacial score (nSPS) is 11.3. The summed E-state index contributed by atoms with van der Waals surface area (Å²) in [6, 6.07) is 2.23. The summed E-state index contributed by atoms with van der Waals surface area (Å²) < 4.78 is 29.3. The third-order valence-electron chi connectivity index (χ3n) is 3.32. The van der Waals surface area contributed by atoms with Crippen LogP contribution >= 0.6 is 11.6 Å². The number of esters is 1. The zero-order valence-corrected chi connectivity index (χ0v) is 14.5. The Morgan fingerprint density at radius 3 is 2.33 bits per heavy atom. The van der Waals surface area contributed by atoms with Gasteiger partial charge < -0.3 is 9.84 Å². The first-order valence-corrected chi connectivity index (χ1v) is 8.76. The summed E-state index contributed by atoms with van der Waals surface area (Å²) in [6.07, 6.45) is 2.10.